The van der Waals surface area contributed by atoms with Crippen molar-refractivity contribution in [2.75, 3.05) is 13.1 Å². The van der Waals surface area contributed by atoms with Gasteiger partial charge in [-0.1, -0.05) is 31.5 Å². The second-order valence-electron chi connectivity index (χ2n) is 5.29. The first-order valence-electron chi connectivity index (χ1n) is 8.07. The van der Waals surface area contributed by atoms with Crippen LogP contribution in [0, 0.1) is 5.82 Å². The molecular weight excluding hydrogens is 293 g/mol. The van der Waals surface area contributed by atoms with Crippen LogP contribution in [0.5, 0.6) is 0 Å². The van der Waals surface area contributed by atoms with Crippen LogP contribution in [-0.4, -0.2) is 19.0 Å². The molecule has 0 aliphatic rings. The third-order valence-electron chi connectivity index (χ3n) is 3.43. The summed E-state index contributed by atoms with van der Waals surface area (Å²) in [7, 11) is 0. The quantitative estimate of drug-likeness (QED) is 0.445. The van der Waals surface area contributed by atoms with Gasteiger partial charge in [0, 0.05) is 25.1 Å². The second kappa shape index (κ2) is 9.66. The zero-order chi connectivity index (χ0) is 16.3. The highest BCUT2D eigenvalue weighted by Crippen LogP contribution is 2.07. The largest absolute Gasteiger partial charge is 0.469 e. The van der Waals surface area contributed by atoms with Crippen molar-refractivity contribution in [3.63, 3.8) is 0 Å². The van der Waals surface area contributed by atoms with Crippen LogP contribution in [0.3, 0.4) is 0 Å². The first-order chi connectivity index (χ1) is 11.3. The van der Waals surface area contributed by atoms with Gasteiger partial charge in [-0.05, 0) is 24.6 Å². The fraction of sp³-hybridized carbons (Fsp3) is 0.389. The lowest BCUT2D eigenvalue weighted by Crippen LogP contribution is -2.39. The molecular formula is C18H24FN3O. The molecule has 0 aliphatic carbocycles. The fourth-order valence-corrected chi connectivity index (χ4v) is 2.11. The number of aliphatic imine (C=N–C) groups is 1. The summed E-state index contributed by atoms with van der Waals surface area (Å²) in [5.74, 6) is 1.41. The van der Waals surface area contributed by atoms with Crippen molar-refractivity contribution in [2.24, 2.45) is 4.99 Å². The lowest BCUT2D eigenvalue weighted by molar-refractivity contribution is 0.506. The number of hydrogen-bond donors (Lipinski definition) is 2. The van der Waals surface area contributed by atoms with Crippen molar-refractivity contribution in [1.82, 2.24) is 10.6 Å². The predicted molar refractivity (Wildman–Crippen MR) is 90.9 cm³/mol. The topological polar surface area (TPSA) is 49.6 Å². The Morgan fingerprint density at radius 3 is 2.70 bits per heavy atom. The maximum Gasteiger partial charge on any atom is 0.191 e. The minimum atomic E-state index is -0.222. The highest BCUT2D eigenvalue weighted by molar-refractivity contribution is 5.79. The van der Waals surface area contributed by atoms with Crippen LogP contribution < -0.4 is 10.6 Å². The molecule has 0 radical (unpaired) electrons. The maximum atomic E-state index is 13.7. The van der Waals surface area contributed by atoms with Crippen molar-refractivity contribution in [3.05, 3.63) is 59.8 Å². The van der Waals surface area contributed by atoms with Crippen LogP contribution in [-0.2, 0) is 13.0 Å². The average molecular weight is 317 g/mol. The predicted octanol–water partition coefficient (Wildman–Crippen LogP) is 3.50. The van der Waals surface area contributed by atoms with Crippen molar-refractivity contribution >= 4 is 5.96 Å². The molecule has 1 aromatic carbocycles. The molecule has 0 fully saturated rings. The number of guanidine groups is 1. The van der Waals surface area contributed by atoms with Crippen LogP contribution in [0.15, 0.2) is 52.1 Å². The highest BCUT2D eigenvalue weighted by Gasteiger charge is 2.02. The zero-order valence-electron chi connectivity index (χ0n) is 13.5. The summed E-state index contributed by atoms with van der Waals surface area (Å²) in [5.41, 5.74) is 0.593. The van der Waals surface area contributed by atoms with E-state index in [0.29, 0.717) is 24.6 Å². The van der Waals surface area contributed by atoms with E-state index in [-0.39, 0.29) is 5.82 Å². The van der Waals surface area contributed by atoms with E-state index in [1.54, 1.807) is 18.4 Å². The molecule has 1 heterocycles. The van der Waals surface area contributed by atoms with Gasteiger partial charge in [-0.3, -0.25) is 0 Å². The Morgan fingerprint density at radius 2 is 1.96 bits per heavy atom. The number of nitrogens with one attached hydrogen (secondary N) is 2. The van der Waals surface area contributed by atoms with Gasteiger partial charge in [0.15, 0.2) is 5.96 Å². The first-order valence-corrected chi connectivity index (χ1v) is 8.07. The molecule has 0 unspecified atom stereocenters. The molecule has 0 saturated carbocycles. The van der Waals surface area contributed by atoms with Gasteiger partial charge in [0.1, 0.15) is 11.6 Å². The van der Waals surface area contributed by atoms with Crippen molar-refractivity contribution < 1.29 is 8.81 Å². The molecule has 2 aromatic rings. The van der Waals surface area contributed by atoms with E-state index >= 15 is 0 Å². The summed E-state index contributed by atoms with van der Waals surface area (Å²) in [5, 5.41) is 6.54. The van der Waals surface area contributed by atoms with E-state index in [1.807, 2.05) is 18.2 Å². The van der Waals surface area contributed by atoms with Gasteiger partial charge in [0.05, 0.1) is 12.8 Å². The number of benzene rings is 1. The Kier molecular flexibility index (Phi) is 7.17. The van der Waals surface area contributed by atoms with Crippen molar-refractivity contribution in [1.29, 1.82) is 0 Å². The number of furan rings is 1. The SMILES string of the molecule is CCCCNC(=NCc1ccccc1F)NCCc1ccco1. The molecule has 0 amide bonds. The molecule has 0 spiro atoms. The highest BCUT2D eigenvalue weighted by atomic mass is 19.1. The van der Waals surface area contributed by atoms with Gasteiger partial charge in [-0.15, -0.1) is 0 Å². The average Bonchev–Trinajstić information content (AvgIpc) is 3.07. The summed E-state index contributed by atoms with van der Waals surface area (Å²) in [6.45, 7) is 4.01. The number of hydrogen-bond acceptors (Lipinski definition) is 2. The minimum Gasteiger partial charge on any atom is -0.469 e. The van der Waals surface area contributed by atoms with E-state index in [4.69, 9.17) is 4.42 Å². The minimum absolute atomic E-state index is 0.222. The summed E-state index contributed by atoms with van der Waals surface area (Å²) < 4.78 is 19.0. The Balaban J connectivity index is 1.89. The van der Waals surface area contributed by atoms with Crippen LogP contribution in [0.25, 0.3) is 0 Å². The molecule has 0 atom stereocenters. The molecule has 0 bridgehead atoms. The van der Waals surface area contributed by atoms with E-state index < -0.39 is 0 Å². The fourth-order valence-electron chi connectivity index (χ4n) is 2.11. The monoisotopic (exact) mass is 317 g/mol. The van der Waals surface area contributed by atoms with E-state index in [0.717, 1.165) is 31.6 Å². The van der Waals surface area contributed by atoms with Gasteiger partial charge in [-0.25, -0.2) is 9.38 Å². The second-order valence-corrected chi connectivity index (χ2v) is 5.29. The molecule has 124 valence electrons. The molecule has 4 nitrogen and oxygen atoms in total. The van der Waals surface area contributed by atoms with E-state index in [2.05, 4.69) is 22.5 Å². The summed E-state index contributed by atoms with van der Waals surface area (Å²) in [6, 6.07) is 10.5. The number of nitrogens with zero attached hydrogens (tertiary/aromatic N) is 1. The van der Waals surface area contributed by atoms with Crippen molar-refractivity contribution in [3.8, 4) is 0 Å². The normalized spacial score (nSPS) is 11.5. The Bertz CT molecular complexity index is 596. The third-order valence-corrected chi connectivity index (χ3v) is 3.43. The van der Waals surface area contributed by atoms with Gasteiger partial charge in [0.25, 0.3) is 0 Å². The molecule has 0 aliphatic heterocycles. The zero-order valence-corrected chi connectivity index (χ0v) is 13.5. The molecule has 1 aromatic heterocycles. The lowest BCUT2D eigenvalue weighted by Gasteiger charge is -2.12. The van der Waals surface area contributed by atoms with Gasteiger partial charge in [0.2, 0.25) is 0 Å². The summed E-state index contributed by atoms with van der Waals surface area (Å²) >= 11 is 0. The Labute approximate surface area is 136 Å². The van der Waals surface area contributed by atoms with Gasteiger partial charge in [-0.2, -0.15) is 0 Å². The van der Waals surface area contributed by atoms with Crippen LogP contribution in [0.2, 0.25) is 0 Å². The Morgan fingerprint density at radius 1 is 1.13 bits per heavy atom. The standard InChI is InChI=1S/C18H24FN3O/c1-2-3-11-20-18(21-12-10-16-8-6-13-23-16)22-14-15-7-4-5-9-17(15)19/h4-9,13H,2-3,10-12,14H2,1H3,(H2,20,21,22). The summed E-state index contributed by atoms with van der Waals surface area (Å²) in [6.07, 6.45) is 4.63. The van der Waals surface area contributed by atoms with Gasteiger partial charge >= 0.3 is 0 Å². The Hall–Kier alpha value is -2.30. The number of halogens is 1. The van der Waals surface area contributed by atoms with Crippen molar-refractivity contribution in [2.45, 2.75) is 32.7 Å². The summed E-state index contributed by atoms with van der Waals surface area (Å²) in [4.78, 5) is 4.47. The lowest BCUT2D eigenvalue weighted by atomic mass is 10.2. The van der Waals surface area contributed by atoms with Crippen LogP contribution in [0.1, 0.15) is 31.1 Å². The third kappa shape index (κ3) is 6.14. The van der Waals surface area contributed by atoms with Gasteiger partial charge < -0.3 is 15.1 Å². The maximum absolute atomic E-state index is 13.7. The molecule has 23 heavy (non-hydrogen) atoms. The first kappa shape index (κ1) is 17.1. The van der Waals surface area contributed by atoms with Crippen LogP contribution >= 0.6 is 0 Å². The molecule has 2 rings (SSSR count). The molecule has 2 N–H and O–H groups in total. The smallest absolute Gasteiger partial charge is 0.191 e. The van der Waals surface area contributed by atoms with E-state index in [1.165, 1.54) is 6.07 Å². The van der Waals surface area contributed by atoms with Crippen LogP contribution in [0.4, 0.5) is 4.39 Å². The molecule has 0 saturated heterocycles. The van der Waals surface area contributed by atoms with E-state index in [9.17, 15) is 4.39 Å². The number of rotatable bonds is 8. The molecule has 5 heteroatoms. The number of unbranched alkanes of at least 4 members (excludes halogenated alkanes) is 1.